The van der Waals surface area contributed by atoms with Gasteiger partial charge in [-0.15, -0.1) is 11.3 Å². The first-order valence-corrected chi connectivity index (χ1v) is 7.22. The van der Waals surface area contributed by atoms with E-state index < -0.39 is 0 Å². The van der Waals surface area contributed by atoms with Crippen LogP contribution in [0.3, 0.4) is 0 Å². The summed E-state index contributed by atoms with van der Waals surface area (Å²) in [4.78, 5) is 13.2. The zero-order valence-electron chi connectivity index (χ0n) is 10.4. The van der Waals surface area contributed by atoms with E-state index in [1.54, 1.807) is 6.92 Å². The summed E-state index contributed by atoms with van der Waals surface area (Å²) < 4.78 is 5.89. The second-order valence-corrected chi connectivity index (χ2v) is 6.72. The maximum absolute atomic E-state index is 11.6. The van der Waals surface area contributed by atoms with Crippen LogP contribution in [-0.4, -0.2) is 12.6 Å². The summed E-state index contributed by atoms with van der Waals surface area (Å²) >= 11 is 3.53. The Bertz CT molecular complexity index is 472. The third-order valence-electron chi connectivity index (χ3n) is 1.71. The zero-order chi connectivity index (χ0) is 13.1. The highest BCUT2D eigenvalue weighted by molar-refractivity contribution is 14.1. The van der Waals surface area contributed by atoms with Crippen molar-refractivity contribution in [3.63, 3.8) is 0 Å². The number of halogens is 1. The Morgan fingerprint density at radius 1 is 1.53 bits per heavy atom. The van der Waals surface area contributed by atoms with Gasteiger partial charge in [0.1, 0.15) is 4.88 Å². The molecule has 1 rings (SSSR count). The van der Waals surface area contributed by atoms with E-state index in [1.807, 2.05) is 6.07 Å². The first kappa shape index (κ1) is 14.5. The highest BCUT2D eigenvalue weighted by Gasteiger charge is 2.15. The topological polar surface area (TPSA) is 26.3 Å². The van der Waals surface area contributed by atoms with Crippen LogP contribution in [0.1, 0.15) is 42.2 Å². The standard InChI is InChI=1S/C13H15IO2S/c1-5-16-12(15)11-10(14)8-9(17-11)6-7-13(2,3)4/h8H,5H2,1-4H3. The second-order valence-electron chi connectivity index (χ2n) is 4.51. The molecule has 0 fully saturated rings. The van der Waals surface area contributed by atoms with E-state index in [-0.39, 0.29) is 11.4 Å². The summed E-state index contributed by atoms with van der Waals surface area (Å²) in [6.07, 6.45) is 0. The van der Waals surface area contributed by atoms with Crippen LogP contribution in [0.2, 0.25) is 0 Å². The molecule has 1 heterocycles. The van der Waals surface area contributed by atoms with Crippen molar-refractivity contribution < 1.29 is 9.53 Å². The maximum atomic E-state index is 11.6. The molecule has 92 valence electrons. The number of hydrogen-bond acceptors (Lipinski definition) is 3. The van der Waals surface area contributed by atoms with Crippen molar-refractivity contribution in [2.75, 3.05) is 6.61 Å². The van der Waals surface area contributed by atoms with Crippen LogP contribution in [0.15, 0.2) is 6.07 Å². The van der Waals surface area contributed by atoms with Gasteiger partial charge in [0.05, 0.1) is 11.5 Å². The molecule has 0 aromatic carbocycles. The van der Waals surface area contributed by atoms with Gasteiger partial charge in [0.25, 0.3) is 0 Å². The highest BCUT2D eigenvalue weighted by Crippen LogP contribution is 2.24. The molecule has 0 saturated heterocycles. The lowest BCUT2D eigenvalue weighted by molar-refractivity contribution is 0.0531. The summed E-state index contributed by atoms with van der Waals surface area (Å²) in [5.74, 6) is 5.99. The van der Waals surface area contributed by atoms with Gasteiger partial charge in [0, 0.05) is 8.99 Å². The third kappa shape index (κ3) is 4.68. The van der Waals surface area contributed by atoms with Crippen molar-refractivity contribution in [1.29, 1.82) is 0 Å². The van der Waals surface area contributed by atoms with Crippen LogP contribution < -0.4 is 0 Å². The van der Waals surface area contributed by atoms with Crippen LogP contribution in [0.4, 0.5) is 0 Å². The summed E-state index contributed by atoms with van der Waals surface area (Å²) in [5.41, 5.74) is -0.0283. The van der Waals surface area contributed by atoms with E-state index in [0.717, 1.165) is 8.45 Å². The molecule has 0 unspecified atom stereocenters. The lowest BCUT2D eigenvalue weighted by atomic mass is 9.98. The van der Waals surface area contributed by atoms with Crippen LogP contribution in [0, 0.1) is 20.8 Å². The average Bonchev–Trinajstić information content (AvgIpc) is 2.56. The molecule has 0 aliphatic rings. The lowest BCUT2D eigenvalue weighted by Gasteiger charge is -2.06. The Hall–Kier alpha value is -0.540. The number of thiophene rings is 1. The van der Waals surface area contributed by atoms with Gasteiger partial charge in [-0.1, -0.05) is 11.8 Å². The molecule has 0 amide bonds. The summed E-state index contributed by atoms with van der Waals surface area (Å²) in [6, 6.07) is 1.93. The SMILES string of the molecule is CCOC(=O)c1sc(C#CC(C)(C)C)cc1I. The normalized spacial score (nSPS) is 10.6. The van der Waals surface area contributed by atoms with Gasteiger partial charge >= 0.3 is 5.97 Å². The van der Waals surface area contributed by atoms with Crippen molar-refractivity contribution >= 4 is 39.9 Å². The predicted molar refractivity (Wildman–Crippen MR) is 79.3 cm³/mol. The first-order chi connectivity index (χ1) is 7.83. The molecule has 4 heteroatoms. The van der Waals surface area contributed by atoms with Crippen molar-refractivity contribution in [3.05, 3.63) is 19.4 Å². The Morgan fingerprint density at radius 2 is 2.18 bits per heavy atom. The number of hydrogen-bond donors (Lipinski definition) is 0. The quantitative estimate of drug-likeness (QED) is 0.453. The fourth-order valence-corrected chi connectivity index (χ4v) is 2.89. The fraction of sp³-hybridized carbons (Fsp3) is 0.462. The molecule has 0 spiro atoms. The minimum absolute atomic E-state index is 0.0283. The number of rotatable bonds is 2. The number of carbonyl (C=O) groups excluding carboxylic acids is 1. The van der Waals surface area contributed by atoms with E-state index in [2.05, 4.69) is 55.2 Å². The van der Waals surface area contributed by atoms with E-state index >= 15 is 0 Å². The maximum Gasteiger partial charge on any atom is 0.349 e. The van der Waals surface area contributed by atoms with Gasteiger partial charge in [-0.05, 0) is 56.4 Å². The largest absolute Gasteiger partial charge is 0.462 e. The highest BCUT2D eigenvalue weighted by atomic mass is 127. The predicted octanol–water partition coefficient (Wildman–Crippen LogP) is 3.93. The monoisotopic (exact) mass is 362 g/mol. The number of esters is 1. The summed E-state index contributed by atoms with van der Waals surface area (Å²) in [7, 11) is 0. The Balaban J connectivity index is 2.95. The van der Waals surface area contributed by atoms with E-state index in [1.165, 1.54) is 11.3 Å². The first-order valence-electron chi connectivity index (χ1n) is 5.33. The van der Waals surface area contributed by atoms with Gasteiger partial charge in [-0.2, -0.15) is 0 Å². The van der Waals surface area contributed by atoms with Gasteiger partial charge < -0.3 is 4.74 Å². The number of carbonyl (C=O) groups is 1. The second kappa shape index (κ2) is 5.87. The van der Waals surface area contributed by atoms with Gasteiger partial charge in [0.2, 0.25) is 0 Å². The van der Waals surface area contributed by atoms with Crippen LogP contribution >= 0.6 is 33.9 Å². The average molecular weight is 362 g/mol. The van der Waals surface area contributed by atoms with Crippen LogP contribution in [0.25, 0.3) is 0 Å². The molecule has 0 bridgehead atoms. The van der Waals surface area contributed by atoms with Crippen molar-refractivity contribution in [1.82, 2.24) is 0 Å². The Labute approximate surface area is 120 Å². The van der Waals surface area contributed by atoms with Gasteiger partial charge in [-0.25, -0.2) is 4.79 Å². The molecule has 0 aliphatic heterocycles. The molecule has 1 aromatic rings. The van der Waals surface area contributed by atoms with Crippen molar-refractivity contribution in [2.45, 2.75) is 27.7 Å². The molecule has 2 nitrogen and oxygen atoms in total. The molecule has 0 aliphatic carbocycles. The van der Waals surface area contributed by atoms with Crippen LogP contribution in [-0.2, 0) is 4.74 Å². The van der Waals surface area contributed by atoms with Crippen LogP contribution in [0.5, 0.6) is 0 Å². The summed E-state index contributed by atoms with van der Waals surface area (Å²) in [6.45, 7) is 8.38. The minimum Gasteiger partial charge on any atom is -0.462 e. The lowest BCUT2D eigenvalue weighted by Crippen LogP contribution is -2.03. The van der Waals surface area contributed by atoms with Crippen molar-refractivity contribution in [2.24, 2.45) is 5.41 Å². The van der Waals surface area contributed by atoms with E-state index in [9.17, 15) is 4.79 Å². The van der Waals surface area contributed by atoms with Gasteiger partial charge in [0.15, 0.2) is 0 Å². The molecular weight excluding hydrogens is 347 g/mol. The Morgan fingerprint density at radius 3 is 2.71 bits per heavy atom. The number of ether oxygens (including phenoxy) is 1. The van der Waals surface area contributed by atoms with E-state index in [4.69, 9.17) is 4.74 Å². The van der Waals surface area contributed by atoms with Crippen molar-refractivity contribution in [3.8, 4) is 11.8 Å². The Kier molecular flexibility index (Phi) is 5.02. The molecule has 0 saturated carbocycles. The van der Waals surface area contributed by atoms with E-state index in [0.29, 0.717) is 11.5 Å². The molecule has 0 atom stereocenters. The molecule has 17 heavy (non-hydrogen) atoms. The minimum atomic E-state index is -0.259. The fourth-order valence-electron chi connectivity index (χ4n) is 1.02. The zero-order valence-corrected chi connectivity index (χ0v) is 13.4. The van der Waals surface area contributed by atoms with Gasteiger partial charge in [-0.3, -0.25) is 0 Å². The summed E-state index contributed by atoms with van der Waals surface area (Å²) in [5, 5.41) is 0. The molecule has 0 N–H and O–H groups in total. The molecule has 1 aromatic heterocycles. The smallest absolute Gasteiger partial charge is 0.349 e. The molecule has 0 radical (unpaired) electrons. The molecular formula is C13H15IO2S. The third-order valence-corrected chi connectivity index (χ3v) is 3.96.